The van der Waals surface area contributed by atoms with Gasteiger partial charge in [-0.3, -0.25) is 4.79 Å². The topological polar surface area (TPSA) is 66.3 Å². The molecule has 1 atom stereocenters. The molecule has 2 saturated heterocycles. The number of carbonyl (C=O) groups excluding carboxylic acids is 1. The number of hydrogen-bond acceptors (Lipinski definition) is 5. The van der Waals surface area contributed by atoms with Gasteiger partial charge in [-0.15, -0.1) is 0 Å². The third kappa shape index (κ3) is 3.69. The Bertz CT molecular complexity index is 778. The number of imidazole rings is 1. The quantitative estimate of drug-likeness (QED) is 0.895. The highest BCUT2D eigenvalue weighted by Gasteiger charge is 2.31. The van der Waals surface area contributed by atoms with Crippen molar-refractivity contribution in [2.45, 2.75) is 25.8 Å². The zero-order valence-corrected chi connectivity index (χ0v) is 16.1. The Morgan fingerprint density at radius 1 is 1.19 bits per heavy atom. The van der Waals surface area contributed by atoms with Crippen LogP contribution in [0.25, 0.3) is 0 Å². The van der Waals surface area contributed by atoms with Gasteiger partial charge < -0.3 is 19.7 Å². The van der Waals surface area contributed by atoms with Crippen LogP contribution in [-0.4, -0.2) is 58.1 Å². The number of anilines is 1. The zero-order valence-electron chi connectivity index (χ0n) is 16.1. The van der Waals surface area contributed by atoms with Gasteiger partial charge in [0.2, 0.25) is 0 Å². The number of hydrogen-bond donors (Lipinski definition) is 1. The van der Waals surface area contributed by atoms with E-state index in [1.807, 2.05) is 34.8 Å². The van der Waals surface area contributed by atoms with Crippen LogP contribution in [0.15, 0.2) is 30.7 Å². The molecule has 4 rings (SSSR count). The molecule has 7 nitrogen and oxygen atoms in total. The Labute approximate surface area is 160 Å². The Morgan fingerprint density at radius 3 is 2.67 bits per heavy atom. The van der Waals surface area contributed by atoms with E-state index in [-0.39, 0.29) is 11.9 Å². The molecule has 1 unspecified atom stereocenters. The van der Waals surface area contributed by atoms with E-state index in [2.05, 4.69) is 27.1 Å². The van der Waals surface area contributed by atoms with Crippen molar-refractivity contribution in [1.29, 1.82) is 0 Å². The predicted octanol–water partition coefficient (Wildman–Crippen LogP) is 1.84. The highest BCUT2D eigenvalue weighted by molar-refractivity contribution is 5.94. The molecule has 27 heavy (non-hydrogen) atoms. The summed E-state index contributed by atoms with van der Waals surface area (Å²) in [5.41, 5.74) is 0.644. The summed E-state index contributed by atoms with van der Waals surface area (Å²) < 4.78 is 1.98. The van der Waals surface area contributed by atoms with E-state index in [4.69, 9.17) is 0 Å². The van der Waals surface area contributed by atoms with Gasteiger partial charge in [0, 0.05) is 58.4 Å². The number of piperidine rings is 1. The van der Waals surface area contributed by atoms with Crippen LogP contribution in [0.4, 0.5) is 5.82 Å². The van der Waals surface area contributed by atoms with Gasteiger partial charge in [-0.1, -0.05) is 6.92 Å². The van der Waals surface area contributed by atoms with E-state index in [0.717, 1.165) is 37.2 Å². The fourth-order valence-corrected chi connectivity index (χ4v) is 3.98. The summed E-state index contributed by atoms with van der Waals surface area (Å²) in [6.07, 6.45) is 7.83. The molecule has 7 heteroatoms. The van der Waals surface area contributed by atoms with E-state index in [9.17, 15) is 4.79 Å². The lowest BCUT2D eigenvalue weighted by Gasteiger charge is -2.36. The van der Waals surface area contributed by atoms with Crippen LogP contribution < -0.4 is 10.2 Å². The number of nitrogens with zero attached hydrogens (tertiary/aromatic N) is 5. The number of pyridine rings is 1. The van der Waals surface area contributed by atoms with Crippen LogP contribution in [0, 0.1) is 5.92 Å². The molecule has 4 heterocycles. The van der Waals surface area contributed by atoms with Crippen LogP contribution in [0.2, 0.25) is 0 Å². The standard InChI is InChI=1S/C20H28N6O/c1-15-5-9-25(10-6-15)18-4-3-16(13-23-18)20(27)26-12-7-21-14-17(26)19-22-8-11-24(19)2/h3-4,8,11,13,15,17,21H,5-7,9-10,12,14H2,1-2H3. The van der Waals surface area contributed by atoms with Crippen molar-refractivity contribution < 1.29 is 4.79 Å². The molecular formula is C20H28N6O. The summed E-state index contributed by atoms with van der Waals surface area (Å²) in [5, 5.41) is 3.37. The monoisotopic (exact) mass is 368 g/mol. The third-order valence-electron chi connectivity index (χ3n) is 5.76. The van der Waals surface area contributed by atoms with Gasteiger partial charge in [0.1, 0.15) is 17.7 Å². The van der Waals surface area contributed by atoms with Crippen LogP contribution in [0.3, 0.4) is 0 Å². The third-order valence-corrected chi connectivity index (χ3v) is 5.76. The van der Waals surface area contributed by atoms with Crippen molar-refractivity contribution in [3.05, 3.63) is 42.1 Å². The van der Waals surface area contributed by atoms with Gasteiger partial charge in [-0.2, -0.15) is 0 Å². The molecule has 144 valence electrons. The average molecular weight is 368 g/mol. The summed E-state index contributed by atoms with van der Waals surface area (Å²) in [7, 11) is 1.97. The number of piperazine rings is 1. The van der Waals surface area contributed by atoms with Gasteiger partial charge >= 0.3 is 0 Å². The molecule has 0 aromatic carbocycles. The lowest BCUT2D eigenvalue weighted by Crippen LogP contribution is -2.49. The number of aromatic nitrogens is 3. The summed E-state index contributed by atoms with van der Waals surface area (Å²) in [6.45, 7) is 6.57. The lowest BCUT2D eigenvalue weighted by molar-refractivity contribution is 0.0620. The molecule has 2 aromatic heterocycles. The Balaban J connectivity index is 1.50. The average Bonchev–Trinajstić information content (AvgIpc) is 3.14. The maximum absolute atomic E-state index is 13.2. The molecule has 0 aliphatic carbocycles. The minimum Gasteiger partial charge on any atom is -0.357 e. The van der Waals surface area contributed by atoms with Crippen LogP contribution in [0.1, 0.15) is 42.0 Å². The second-order valence-electron chi connectivity index (χ2n) is 7.69. The number of aryl methyl sites for hydroxylation is 1. The highest BCUT2D eigenvalue weighted by atomic mass is 16.2. The molecule has 0 saturated carbocycles. The predicted molar refractivity (Wildman–Crippen MR) is 105 cm³/mol. The van der Waals surface area contributed by atoms with Gasteiger partial charge in [0.15, 0.2) is 0 Å². The highest BCUT2D eigenvalue weighted by Crippen LogP contribution is 2.24. The number of rotatable bonds is 3. The van der Waals surface area contributed by atoms with Crippen LogP contribution in [-0.2, 0) is 7.05 Å². The molecule has 0 bridgehead atoms. The molecule has 2 aromatic rings. The maximum atomic E-state index is 13.2. The van der Waals surface area contributed by atoms with Crippen molar-refractivity contribution >= 4 is 11.7 Å². The van der Waals surface area contributed by atoms with E-state index in [1.165, 1.54) is 12.8 Å². The summed E-state index contributed by atoms with van der Waals surface area (Å²) >= 11 is 0. The molecule has 1 N–H and O–H groups in total. The van der Waals surface area contributed by atoms with Crippen molar-refractivity contribution in [2.75, 3.05) is 37.6 Å². The zero-order chi connectivity index (χ0) is 18.8. The SMILES string of the molecule is CC1CCN(c2ccc(C(=O)N3CCNCC3c3nccn3C)cn2)CC1. The fourth-order valence-electron chi connectivity index (χ4n) is 3.98. The van der Waals surface area contributed by atoms with E-state index in [0.29, 0.717) is 18.7 Å². The maximum Gasteiger partial charge on any atom is 0.256 e. The minimum atomic E-state index is -0.0606. The van der Waals surface area contributed by atoms with Crippen molar-refractivity contribution in [2.24, 2.45) is 13.0 Å². The molecule has 2 fully saturated rings. The first-order valence-electron chi connectivity index (χ1n) is 9.83. The first-order valence-corrected chi connectivity index (χ1v) is 9.83. The molecule has 0 spiro atoms. The molecular weight excluding hydrogens is 340 g/mol. The molecule has 2 aliphatic heterocycles. The van der Waals surface area contributed by atoms with E-state index < -0.39 is 0 Å². The second-order valence-corrected chi connectivity index (χ2v) is 7.69. The molecule has 0 radical (unpaired) electrons. The smallest absolute Gasteiger partial charge is 0.256 e. The number of nitrogens with one attached hydrogen (secondary N) is 1. The minimum absolute atomic E-state index is 0.0239. The first kappa shape index (κ1) is 18.0. The summed E-state index contributed by atoms with van der Waals surface area (Å²) in [5.74, 6) is 2.69. The van der Waals surface area contributed by atoms with Gasteiger partial charge in [-0.25, -0.2) is 9.97 Å². The van der Waals surface area contributed by atoms with Gasteiger partial charge in [-0.05, 0) is 30.9 Å². The largest absolute Gasteiger partial charge is 0.357 e. The van der Waals surface area contributed by atoms with Crippen molar-refractivity contribution in [3.63, 3.8) is 0 Å². The summed E-state index contributed by atoms with van der Waals surface area (Å²) in [4.78, 5) is 26.4. The number of amides is 1. The van der Waals surface area contributed by atoms with Crippen LogP contribution >= 0.6 is 0 Å². The van der Waals surface area contributed by atoms with Gasteiger partial charge in [0.05, 0.1) is 5.56 Å². The molecule has 1 amide bonds. The first-order chi connectivity index (χ1) is 13.1. The van der Waals surface area contributed by atoms with Gasteiger partial charge in [0.25, 0.3) is 5.91 Å². The normalized spacial score (nSPS) is 21.5. The van der Waals surface area contributed by atoms with Crippen molar-refractivity contribution in [1.82, 2.24) is 24.8 Å². The summed E-state index contributed by atoms with van der Waals surface area (Å²) in [6, 6.07) is 3.84. The second kappa shape index (κ2) is 7.68. The fraction of sp³-hybridized carbons (Fsp3) is 0.550. The Hall–Kier alpha value is -2.41. The van der Waals surface area contributed by atoms with E-state index in [1.54, 1.807) is 12.4 Å². The molecule has 2 aliphatic rings. The lowest BCUT2D eigenvalue weighted by atomic mass is 9.99. The van der Waals surface area contributed by atoms with Crippen molar-refractivity contribution in [3.8, 4) is 0 Å². The Kier molecular flexibility index (Phi) is 5.11. The Morgan fingerprint density at radius 2 is 2.00 bits per heavy atom. The number of carbonyl (C=O) groups is 1. The van der Waals surface area contributed by atoms with Crippen LogP contribution in [0.5, 0.6) is 0 Å². The van der Waals surface area contributed by atoms with E-state index >= 15 is 0 Å².